The van der Waals surface area contributed by atoms with Gasteiger partial charge in [-0.15, -0.1) is 0 Å². The Bertz CT molecular complexity index is 575. The van der Waals surface area contributed by atoms with Crippen LogP contribution >= 0.6 is 0 Å². The van der Waals surface area contributed by atoms with Crippen LogP contribution in [0.5, 0.6) is 5.75 Å². The van der Waals surface area contributed by atoms with Crippen molar-refractivity contribution < 1.29 is 17.9 Å². The fraction of sp³-hybridized carbons (Fsp3) is 0.500. The molecule has 1 aliphatic rings. The van der Waals surface area contributed by atoms with Crippen molar-refractivity contribution in [2.75, 3.05) is 11.5 Å². The molecule has 2 rings (SSSR count). The maximum Gasteiger partial charge on any atom is 0.167 e. The Balaban J connectivity index is 2.16. The molecule has 104 valence electrons. The first-order chi connectivity index (χ1) is 8.87. The van der Waals surface area contributed by atoms with Crippen molar-refractivity contribution in [3.8, 4) is 5.75 Å². The van der Waals surface area contributed by atoms with Crippen LogP contribution in [0.1, 0.15) is 30.6 Å². The molecular weight excluding hydrogens is 264 g/mol. The molecule has 0 aliphatic carbocycles. The van der Waals surface area contributed by atoms with Gasteiger partial charge in [0.15, 0.2) is 15.6 Å². The number of benzene rings is 1. The molecule has 1 aromatic rings. The monoisotopic (exact) mass is 282 g/mol. The zero-order valence-corrected chi connectivity index (χ0v) is 11.9. The van der Waals surface area contributed by atoms with Gasteiger partial charge >= 0.3 is 0 Å². The molecule has 0 radical (unpaired) electrons. The van der Waals surface area contributed by atoms with Gasteiger partial charge in [0.05, 0.1) is 17.6 Å². The van der Waals surface area contributed by atoms with Gasteiger partial charge in [-0.1, -0.05) is 12.1 Å². The fourth-order valence-electron chi connectivity index (χ4n) is 2.23. The molecule has 5 heteroatoms. The van der Waals surface area contributed by atoms with Gasteiger partial charge < -0.3 is 4.74 Å². The van der Waals surface area contributed by atoms with Crippen LogP contribution in [0.25, 0.3) is 0 Å². The maximum atomic E-state index is 12.3. The summed E-state index contributed by atoms with van der Waals surface area (Å²) in [6.45, 7) is 3.83. The molecule has 1 heterocycles. The minimum absolute atomic E-state index is 0.0267. The second-order valence-electron chi connectivity index (χ2n) is 5.16. The van der Waals surface area contributed by atoms with Crippen LogP contribution in [0, 0.1) is 5.92 Å². The molecule has 1 fully saturated rings. The summed E-state index contributed by atoms with van der Waals surface area (Å²) in [7, 11) is -3.03. The Kier molecular flexibility index (Phi) is 3.94. The number of Topliss-reactive ketones (excluding diaryl/α,β-unsaturated/α-hetero) is 1. The summed E-state index contributed by atoms with van der Waals surface area (Å²) >= 11 is 0. The van der Waals surface area contributed by atoms with E-state index in [1.807, 2.05) is 13.8 Å². The molecule has 19 heavy (non-hydrogen) atoms. The highest BCUT2D eigenvalue weighted by molar-refractivity contribution is 7.91. The van der Waals surface area contributed by atoms with E-state index in [4.69, 9.17) is 4.74 Å². The predicted molar refractivity (Wildman–Crippen MR) is 73.3 cm³/mol. The molecule has 1 unspecified atom stereocenters. The summed E-state index contributed by atoms with van der Waals surface area (Å²) < 4.78 is 28.4. The first-order valence-electron chi connectivity index (χ1n) is 6.39. The Morgan fingerprint density at radius 1 is 1.37 bits per heavy atom. The zero-order chi connectivity index (χ0) is 14.0. The first kappa shape index (κ1) is 14.1. The molecule has 0 N–H and O–H groups in total. The van der Waals surface area contributed by atoms with Crippen molar-refractivity contribution in [2.24, 2.45) is 5.92 Å². The van der Waals surface area contributed by atoms with Crippen molar-refractivity contribution in [1.82, 2.24) is 0 Å². The summed E-state index contributed by atoms with van der Waals surface area (Å²) in [5.74, 6) is 0.225. The van der Waals surface area contributed by atoms with Crippen LogP contribution in [-0.2, 0) is 9.84 Å². The lowest BCUT2D eigenvalue weighted by Gasteiger charge is -2.12. The largest absolute Gasteiger partial charge is 0.491 e. The van der Waals surface area contributed by atoms with E-state index in [-0.39, 0.29) is 23.4 Å². The van der Waals surface area contributed by atoms with E-state index in [0.29, 0.717) is 17.7 Å². The number of carbonyl (C=O) groups excluding carboxylic acids is 1. The summed E-state index contributed by atoms with van der Waals surface area (Å²) in [5.41, 5.74) is 0.528. The van der Waals surface area contributed by atoms with E-state index in [2.05, 4.69) is 0 Å². The first-order valence-corrected chi connectivity index (χ1v) is 8.21. The third-order valence-corrected chi connectivity index (χ3v) is 4.86. The summed E-state index contributed by atoms with van der Waals surface area (Å²) in [6.07, 6.45) is 0.466. The van der Waals surface area contributed by atoms with Gasteiger partial charge in [-0.05, 0) is 32.4 Å². The topological polar surface area (TPSA) is 60.4 Å². The van der Waals surface area contributed by atoms with Crippen molar-refractivity contribution in [3.05, 3.63) is 29.8 Å². The number of rotatable bonds is 4. The maximum absolute atomic E-state index is 12.3. The van der Waals surface area contributed by atoms with E-state index in [1.165, 1.54) is 0 Å². The third kappa shape index (κ3) is 3.56. The smallest absolute Gasteiger partial charge is 0.167 e. The molecule has 0 bridgehead atoms. The van der Waals surface area contributed by atoms with E-state index >= 15 is 0 Å². The van der Waals surface area contributed by atoms with Crippen molar-refractivity contribution in [3.63, 3.8) is 0 Å². The number of carbonyl (C=O) groups is 1. The lowest BCUT2D eigenvalue weighted by Crippen LogP contribution is -2.16. The van der Waals surface area contributed by atoms with E-state index in [9.17, 15) is 13.2 Å². The van der Waals surface area contributed by atoms with E-state index < -0.39 is 15.8 Å². The molecule has 0 saturated carbocycles. The van der Waals surface area contributed by atoms with Crippen molar-refractivity contribution in [1.29, 1.82) is 0 Å². The van der Waals surface area contributed by atoms with Crippen LogP contribution in [0.4, 0.5) is 0 Å². The summed E-state index contributed by atoms with van der Waals surface area (Å²) in [4.78, 5) is 12.3. The quantitative estimate of drug-likeness (QED) is 0.793. The average molecular weight is 282 g/mol. The minimum atomic E-state index is -3.03. The highest BCUT2D eigenvalue weighted by atomic mass is 32.2. The van der Waals surface area contributed by atoms with Gasteiger partial charge in [0, 0.05) is 11.5 Å². The minimum Gasteiger partial charge on any atom is -0.491 e. The highest BCUT2D eigenvalue weighted by Gasteiger charge is 2.33. The lowest BCUT2D eigenvalue weighted by atomic mass is 9.97. The van der Waals surface area contributed by atoms with Crippen molar-refractivity contribution in [2.45, 2.75) is 26.4 Å². The SMILES string of the molecule is CC(C)Oc1cccc(C(=O)C2CCS(=O)(=O)C2)c1. The van der Waals surface area contributed by atoms with Crippen LogP contribution in [0.15, 0.2) is 24.3 Å². The standard InChI is InChI=1S/C14H18O4S/c1-10(2)18-13-5-3-4-11(8-13)14(15)12-6-7-19(16,17)9-12/h3-5,8,10,12H,6-7,9H2,1-2H3. The molecule has 4 nitrogen and oxygen atoms in total. The number of ether oxygens (including phenoxy) is 1. The molecule has 1 saturated heterocycles. The summed E-state index contributed by atoms with van der Waals surface area (Å²) in [6, 6.07) is 6.95. The lowest BCUT2D eigenvalue weighted by molar-refractivity contribution is 0.0932. The van der Waals surface area contributed by atoms with E-state index in [1.54, 1.807) is 24.3 Å². The van der Waals surface area contributed by atoms with Crippen LogP contribution < -0.4 is 4.74 Å². The van der Waals surface area contributed by atoms with Gasteiger partial charge in [0.1, 0.15) is 5.75 Å². The normalized spacial score (nSPS) is 21.5. The van der Waals surface area contributed by atoms with Crippen LogP contribution in [-0.4, -0.2) is 31.8 Å². The molecule has 0 amide bonds. The highest BCUT2D eigenvalue weighted by Crippen LogP contribution is 2.24. The third-order valence-electron chi connectivity index (χ3n) is 3.09. The van der Waals surface area contributed by atoms with Crippen LogP contribution in [0.3, 0.4) is 0 Å². The molecule has 1 aromatic carbocycles. The average Bonchev–Trinajstić information content (AvgIpc) is 2.68. The Labute approximate surface area is 113 Å². The summed E-state index contributed by atoms with van der Waals surface area (Å²) in [5, 5.41) is 0. The van der Waals surface area contributed by atoms with E-state index in [0.717, 1.165) is 0 Å². The van der Waals surface area contributed by atoms with Gasteiger partial charge in [-0.2, -0.15) is 0 Å². The Morgan fingerprint density at radius 3 is 2.68 bits per heavy atom. The number of sulfone groups is 1. The number of hydrogen-bond acceptors (Lipinski definition) is 4. The van der Waals surface area contributed by atoms with Gasteiger partial charge in [0.2, 0.25) is 0 Å². The van der Waals surface area contributed by atoms with Crippen molar-refractivity contribution >= 4 is 15.6 Å². The molecule has 0 aromatic heterocycles. The molecular formula is C14H18O4S. The van der Waals surface area contributed by atoms with Gasteiger partial charge in [-0.3, -0.25) is 4.79 Å². The number of hydrogen-bond donors (Lipinski definition) is 0. The zero-order valence-electron chi connectivity index (χ0n) is 11.1. The predicted octanol–water partition coefficient (Wildman–Crippen LogP) is 2.09. The van der Waals surface area contributed by atoms with Gasteiger partial charge in [-0.25, -0.2) is 8.42 Å². The number of ketones is 1. The Morgan fingerprint density at radius 2 is 2.11 bits per heavy atom. The second kappa shape index (κ2) is 5.33. The van der Waals surface area contributed by atoms with Gasteiger partial charge in [0.25, 0.3) is 0 Å². The molecule has 1 atom stereocenters. The molecule has 1 aliphatic heterocycles. The van der Waals surface area contributed by atoms with Crippen LogP contribution in [0.2, 0.25) is 0 Å². The fourth-order valence-corrected chi connectivity index (χ4v) is 3.97. The molecule has 0 spiro atoms. The Hall–Kier alpha value is -1.36. The second-order valence-corrected chi connectivity index (χ2v) is 7.39.